The van der Waals surface area contributed by atoms with Crippen molar-refractivity contribution >= 4 is 17.0 Å². The fourth-order valence-electron chi connectivity index (χ4n) is 3.73. The van der Waals surface area contributed by atoms with Gasteiger partial charge in [0.05, 0.1) is 6.42 Å². The number of aliphatic carboxylic acids is 1. The zero-order chi connectivity index (χ0) is 18.7. The smallest absolute Gasteiger partial charge is 0.304 e. The van der Waals surface area contributed by atoms with Crippen LogP contribution in [0.5, 0.6) is 0 Å². The predicted molar refractivity (Wildman–Crippen MR) is 103 cm³/mol. The van der Waals surface area contributed by atoms with Crippen LogP contribution in [-0.2, 0) is 17.6 Å². The molecule has 0 radical (unpaired) electrons. The third-order valence-electron chi connectivity index (χ3n) is 5.07. The van der Waals surface area contributed by atoms with E-state index in [0.717, 1.165) is 47.0 Å². The lowest BCUT2D eigenvalue weighted by molar-refractivity contribution is -0.137. The van der Waals surface area contributed by atoms with Crippen molar-refractivity contribution in [1.82, 2.24) is 15.4 Å². The monoisotopic (exact) mass is 351 g/mol. The number of carboxylic acid groups (broad SMARTS) is 1. The average Bonchev–Trinajstić information content (AvgIpc) is 3.10. The van der Waals surface area contributed by atoms with Crippen molar-refractivity contribution in [2.24, 2.45) is 0 Å². The molecular weight excluding hydrogens is 326 g/mol. The van der Waals surface area contributed by atoms with Crippen LogP contribution < -0.4 is 0 Å². The average molecular weight is 351 g/mol. The Balaban J connectivity index is 2.10. The van der Waals surface area contributed by atoms with Gasteiger partial charge in [0.25, 0.3) is 0 Å². The molecule has 0 aliphatic heterocycles. The van der Waals surface area contributed by atoms with E-state index in [9.17, 15) is 9.90 Å². The third-order valence-corrected chi connectivity index (χ3v) is 5.07. The highest BCUT2D eigenvalue weighted by atomic mass is 16.4. The summed E-state index contributed by atoms with van der Waals surface area (Å²) in [6.45, 7) is 6.31. The molecule has 3 rings (SSSR count). The molecule has 0 amide bonds. The van der Waals surface area contributed by atoms with E-state index in [1.54, 1.807) is 0 Å². The van der Waals surface area contributed by atoms with Crippen molar-refractivity contribution < 1.29 is 9.90 Å². The Morgan fingerprint density at radius 3 is 2.65 bits per heavy atom. The van der Waals surface area contributed by atoms with Gasteiger partial charge in [0.2, 0.25) is 0 Å². The van der Waals surface area contributed by atoms with Crippen LogP contribution in [0.1, 0.15) is 60.4 Å². The number of nitrogens with zero attached hydrogens (tertiary/aromatic N) is 2. The molecule has 5 heteroatoms. The second-order valence-electron chi connectivity index (χ2n) is 6.75. The Morgan fingerprint density at radius 2 is 1.96 bits per heavy atom. The van der Waals surface area contributed by atoms with Crippen molar-refractivity contribution in [3.63, 3.8) is 0 Å². The Hall–Kier alpha value is -2.69. The van der Waals surface area contributed by atoms with Gasteiger partial charge in [-0.25, -0.2) is 0 Å². The van der Waals surface area contributed by atoms with E-state index in [1.807, 2.05) is 19.1 Å². The summed E-state index contributed by atoms with van der Waals surface area (Å²) in [5, 5.41) is 20.5. The SMILES string of the molecule is CCCc1ccc(C(CC(=O)O)c2ccc3n[nH]nc3c2C)cc1CC. The topological polar surface area (TPSA) is 78.9 Å². The number of aryl methyl sites for hydroxylation is 3. The summed E-state index contributed by atoms with van der Waals surface area (Å²) in [6.07, 6.45) is 3.16. The standard InChI is InChI=1S/C21H25N3O2/c1-4-6-15-7-8-16(11-14(15)5-2)18(12-20(25)26)17-9-10-19-21(13(17)3)23-24-22-19/h7-11,18H,4-6,12H2,1-3H3,(H,25,26)(H,22,23,24). The number of fused-ring (bicyclic) bond motifs is 1. The van der Waals surface area contributed by atoms with Gasteiger partial charge < -0.3 is 5.11 Å². The van der Waals surface area contributed by atoms with Crippen LogP contribution in [0.25, 0.3) is 11.0 Å². The Morgan fingerprint density at radius 1 is 1.15 bits per heavy atom. The maximum Gasteiger partial charge on any atom is 0.304 e. The van der Waals surface area contributed by atoms with Crippen molar-refractivity contribution in [2.75, 3.05) is 0 Å². The van der Waals surface area contributed by atoms with Crippen LogP contribution in [0.2, 0.25) is 0 Å². The minimum absolute atomic E-state index is 0.0560. The summed E-state index contributed by atoms with van der Waals surface area (Å²) in [4.78, 5) is 11.6. The number of carboxylic acids is 1. The summed E-state index contributed by atoms with van der Waals surface area (Å²) in [7, 11) is 0. The van der Waals surface area contributed by atoms with E-state index in [0.29, 0.717) is 0 Å². The van der Waals surface area contributed by atoms with Crippen molar-refractivity contribution in [3.8, 4) is 0 Å². The second-order valence-corrected chi connectivity index (χ2v) is 6.75. The van der Waals surface area contributed by atoms with E-state index in [-0.39, 0.29) is 12.3 Å². The first kappa shape index (κ1) is 18.1. The molecular formula is C21H25N3O2. The predicted octanol–water partition coefficient (Wildman–Crippen LogP) is 4.39. The lowest BCUT2D eigenvalue weighted by atomic mass is 9.83. The maximum atomic E-state index is 11.6. The highest BCUT2D eigenvalue weighted by Gasteiger charge is 2.22. The maximum absolute atomic E-state index is 11.6. The number of aromatic nitrogens is 3. The fraction of sp³-hybridized carbons (Fsp3) is 0.381. The molecule has 1 aromatic heterocycles. The molecule has 2 N–H and O–H groups in total. The molecule has 0 aliphatic carbocycles. The van der Waals surface area contributed by atoms with Crippen LogP contribution in [0.4, 0.5) is 0 Å². The molecule has 0 aliphatic rings. The van der Waals surface area contributed by atoms with Crippen molar-refractivity contribution in [2.45, 2.75) is 52.4 Å². The Labute approximate surface area is 153 Å². The van der Waals surface area contributed by atoms with Crippen molar-refractivity contribution in [1.29, 1.82) is 0 Å². The van der Waals surface area contributed by atoms with E-state index in [1.165, 1.54) is 11.1 Å². The molecule has 26 heavy (non-hydrogen) atoms. The molecule has 1 atom stereocenters. The fourth-order valence-corrected chi connectivity index (χ4v) is 3.73. The summed E-state index contributed by atoms with van der Waals surface area (Å²) in [5.74, 6) is -1.00. The molecule has 1 unspecified atom stereocenters. The van der Waals surface area contributed by atoms with E-state index < -0.39 is 5.97 Å². The molecule has 0 saturated heterocycles. The third kappa shape index (κ3) is 3.47. The molecule has 0 saturated carbocycles. The van der Waals surface area contributed by atoms with Gasteiger partial charge in [0.15, 0.2) is 0 Å². The van der Waals surface area contributed by atoms with Gasteiger partial charge in [-0.15, -0.1) is 0 Å². The summed E-state index contributed by atoms with van der Waals surface area (Å²) in [5.41, 5.74) is 7.30. The van der Waals surface area contributed by atoms with Gasteiger partial charge in [-0.3, -0.25) is 4.79 Å². The summed E-state index contributed by atoms with van der Waals surface area (Å²) < 4.78 is 0. The largest absolute Gasteiger partial charge is 0.481 e. The Bertz CT molecular complexity index is 930. The first-order chi connectivity index (χ1) is 12.5. The molecule has 0 bridgehead atoms. The van der Waals surface area contributed by atoms with Crippen LogP contribution in [0.3, 0.4) is 0 Å². The van der Waals surface area contributed by atoms with Crippen LogP contribution in [-0.4, -0.2) is 26.5 Å². The highest BCUT2D eigenvalue weighted by Crippen LogP contribution is 2.34. The minimum Gasteiger partial charge on any atom is -0.481 e. The lowest BCUT2D eigenvalue weighted by Gasteiger charge is -2.20. The van der Waals surface area contributed by atoms with Crippen LogP contribution in [0, 0.1) is 6.92 Å². The lowest BCUT2D eigenvalue weighted by Crippen LogP contribution is -2.10. The molecule has 1 heterocycles. The first-order valence-electron chi connectivity index (χ1n) is 9.18. The zero-order valence-corrected chi connectivity index (χ0v) is 15.5. The van der Waals surface area contributed by atoms with Crippen LogP contribution in [0.15, 0.2) is 30.3 Å². The van der Waals surface area contributed by atoms with Gasteiger partial charge in [0, 0.05) is 5.92 Å². The number of nitrogens with one attached hydrogen (secondary N) is 1. The quantitative estimate of drug-likeness (QED) is 0.662. The zero-order valence-electron chi connectivity index (χ0n) is 15.5. The van der Waals surface area contributed by atoms with Gasteiger partial charge in [-0.05, 0) is 53.6 Å². The second kappa shape index (κ2) is 7.68. The number of carbonyl (C=O) groups is 1. The van der Waals surface area contributed by atoms with Gasteiger partial charge in [-0.2, -0.15) is 15.4 Å². The molecule has 2 aromatic carbocycles. The number of benzene rings is 2. The number of aromatic amines is 1. The number of rotatable bonds is 7. The first-order valence-corrected chi connectivity index (χ1v) is 9.18. The van der Waals surface area contributed by atoms with Gasteiger partial charge in [-0.1, -0.05) is 44.5 Å². The molecule has 0 fully saturated rings. The normalized spacial score (nSPS) is 12.4. The van der Waals surface area contributed by atoms with E-state index >= 15 is 0 Å². The molecule has 136 valence electrons. The number of hydrogen-bond donors (Lipinski definition) is 2. The van der Waals surface area contributed by atoms with Crippen LogP contribution >= 0.6 is 0 Å². The molecule has 3 aromatic rings. The van der Waals surface area contributed by atoms with E-state index in [4.69, 9.17) is 0 Å². The summed E-state index contributed by atoms with van der Waals surface area (Å²) in [6, 6.07) is 10.3. The van der Waals surface area contributed by atoms with Crippen molar-refractivity contribution in [3.05, 3.63) is 58.1 Å². The molecule has 5 nitrogen and oxygen atoms in total. The van der Waals surface area contributed by atoms with Gasteiger partial charge in [0.1, 0.15) is 11.0 Å². The minimum atomic E-state index is -0.801. The molecule has 0 spiro atoms. The van der Waals surface area contributed by atoms with Gasteiger partial charge >= 0.3 is 5.97 Å². The number of H-pyrrole nitrogens is 1. The number of hydrogen-bond acceptors (Lipinski definition) is 3. The Kier molecular flexibility index (Phi) is 5.35. The highest BCUT2D eigenvalue weighted by molar-refractivity contribution is 5.79. The van der Waals surface area contributed by atoms with E-state index in [2.05, 4.69) is 47.5 Å². The summed E-state index contributed by atoms with van der Waals surface area (Å²) >= 11 is 0.